The van der Waals surface area contributed by atoms with Crippen LogP contribution in [0, 0.1) is 12.7 Å². The second-order valence-corrected chi connectivity index (χ2v) is 2.66. The second kappa shape index (κ2) is 3.65. The summed E-state index contributed by atoms with van der Waals surface area (Å²) in [6.07, 6.45) is -2.15. The highest BCUT2D eigenvalue weighted by Gasteiger charge is 2.19. The third-order valence-electron chi connectivity index (χ3n) is 1.75. The van der Waals surface area contributed by atoms with E-state index in [1.807, 2.05) is 0 Å². The molecule has 1 rings (SSSR count). The molecule has 0 fully saturated rings. The first kappa shape index (κ1) is 10.5. The van der Waals surface area contributed by atoms with Crippen molar-refractivity contribution in [3.63, 3.8) is 0 Å². The monoisotopic (exact) mass is 204 g/mol. The van der Waals surface area contributed by atoms with Crippen LogP contribution in [0.2, 0.25) is 0 Å². The molecule has 0 aromatic carbocycles. The first-order valence-electron chi connectivity index (χ1n) is 3.68. The van der Waals surface area contributed by atoms with Crippen LogP contribution in [-0.2, 0) is 0 Å². The number of primary amides is 1. The summed E-state index contributed by atoms with van der Waals surface area (Å²) < 4.78 is 37.6. The van der Waals surface area contributed by atoms with E-state index in [1.54, 1.807) is 0 Å². The van der Waals surface area contributed by atoms with Gasteiger partial charge in [-0.25, -0.2) is 13.2 Å². The standard InChI is InChI=1S/C8H7F3N2O/c1-3-5(9)4(8(12)14)2-13-6(3)7(10)11/h2,7H,1H3,(H2,12,14). The average molecular weight is 204 g/mol. The Balaban J connectivity index is 3.33. The van der Waals surface area contributed by atoms with Gasteiger partial charge in [0, 0.05) is 11.8 Å². The third-order valence-corrected chi connectivity index (χ3v) is 1.75. The van der Waals surface area contributed by atoms with Gasteiger partial charge in [0.25, 0.3) is 12.3 Å². The fourth-order valence-electron chi connectivity index (χ4n) is 0.994. The fourth-order valence-corrected chi connectivity index (χ4v) is 0.994. The Morgan fingerprint density at radius 3 is 2.57 bits per heavy atom. The summed E-state index contributed by atoms with van der Waals surface area (Å²) in [7, 11) is 0. The highest BCUT2D eigenvalue weighted by molar-refractivity contribution is 5.92. The molecule has 6 heteroatoms. The summed E-state index contributed by atoms with van der Waals surface area (Å²) in [5.41, 5.74) is 3.30. The maximum Gasteiger partial charge on any atom is 0.280 e. The first-order chi connectivity index (χ1) is 6.45. The van der Waals surface area contributed by atoms with Crippen LogP contribution in [0.25, 0.3) is 0 Å². The van der Waals surface area contributed by atoms with Crippen molar-refractivity contribution < 1.29 is 18.0 Å². The molecule has 1 aromatic rings. The topological polar surface area (TPSA) is 56.0 Å². The van der Waals surface area contributed by atoms with Crippen LogP contribution in [-0.4, -0.2) is 10.9 Å². The lowest BCUT2D eigenvalue weighted by Gasteiger charge is -2.06. The van der Waals surface area contributed by atoms with Gasteiger partial charge in [-0.3, -0.25) is 9.78 Å². The van der Waals surface area contributed by atoms with E-state index in [0.717, 1.165) is 6.92 Å². The van der Waals surface area contributed by atoms with Gasteiger partial charge in [0.05, 0.1) is 5.56 Å². The van der Waals surface area contributed by atoms with Gasteiger partial charge in [0.15, 0.2) is 0 Å². The number of rotatable bonds is 2. The summed E-state index contributed by atoms with van der Waals surface area (Å²) >= 11 is 0. The van der Waals surface area contributed by atoms with Crippen LogP contribution in [0.4, 0.5) is 13.2 Å². The van der Waals surface area contributed by atoms with E-state index in [1.165, 1.54) is 0 Å². The molecule has 0 unspecified atom stereocenters. The lowest BCUT2D eigenvalue weighted by Crippen LogP contribution is -2.15. The summed E-state index contributed by atoms with van der Waals surface area (Å²) in [6.45, 7) is 1.12. The number of hydrogen-bond acceptors (Lipinski definition) is 2. The van der Waals surface area contributed by atoms with E-state index >= 15 is 0 Å². The van der Waals surface area contributed by atoms with Crippen LogP contribution >= 0.6 is 0 Å². The molecular formula is C8H7F3N2O. The predicted molar refractivity (Wildman–Crippen MR) is 42.4 cm³/mol. The Bertz CT molecular complexity index is 379. The lowest BCUT2D eigenvalue weighted by atomic mass is 10.1. The highest BCUT2D eigenvalue weighted by atomic mass is 19.3. The molecule has 1 amide bonds. The molecule has 14 heavy (non-hydrogen) atoms. The van der Waals surface area contributed by atoms with Crippen molar-refractivity contribution in [2.75, 3.05) is 0 Å². The first-order valence-corrected chi connectivity index (χ1v) is 3.68. The van der Waals surface area contributed by atoms with Crippen molar-refractivity contribution >= 4 is 5.91 Å². The predicted octanol–water partition coefficient (Wildman–Crippen LogP) is 1.57. The summed E-state index contributed by atoms with van der Waals surface area (Å²) in [5.74, 6) is -2.07. The normalized spacial score (nSPS) is 10.6. The number of amides is 1. The zero-order chi connectivity index (χ0) is 10.9. The van der Waals surface area contributed by atoms with Gasteiger partial charge in [-0.1, -0.05) is 0 Å². The Morgan fingerprint density at radius 2 is 2.14 bits per heavy atom. The van der Waals surface area contributed by atoms with Gasteiger partial charge < -0.3 is 5.73 Å². The van der Waals surface area contributed by atoms with Crippen LogP contribution in [0.1, 0.15) is 28.0 Å². The number of alkyl halides is 2. The van der Waals surface area contributed by atoms with Gasteiger partial charge in [0.1, 0.15) is 11.5 Å². The van der Waals surface area contributed by atoms with Crippen LogP contribution in [0.5, 0.6) is 0 Å². The fraction of sp³-hybridized carbons (Fsp3) is 0.250. The Hall–Kier alpha value is -1.59. The Kier molecular flexibility index (Phi) is 2.73. The molecule has 0 aliphatic heterocycles. The van der Waals surface area contributed by atoms with Gasteiger partial charge in [-0.2, -0.15) is 0 Å². The molecule has 0 atom stereocenters. The minimum absolute atomic E-state index is 0.351. The molecule has 0 spiro atoms. The van der Waals surface area contributed by atoms with Gasteiger partial charge >= 0.3 is 0 Å². The molecule has 1 aromatic heterocycles. The number of nitrogens with two attached hydrogens (primary N) is 1. The number of nitrogens with zero attached hydrogens (tertiary/aromatic N) is 1. The van der Waals surface area contributed by atoms with Gasteiger partial charge in [0.2, 0.25) is 0 Å². The number of carbonyl (C=O) groups excluding carboxylic acids is 1. The lowest BCUT2D eigenvalue weighted by molar-refractivity contribution is 0.0994. The van der Waals surface area contributed by atoms with Crippen molar-refractivity contribution in [2.45, 2.75) is 13.3 Å². The Labute approximate surface area is 77.7 Å². The number of pyridine rings is 1. The molecule has 2 N–H and O–H groups in total. The zero-order valence-corrected chi connectivity index (χ0v) is 7.22. The smallest absolute Gasteiger partial charge is 0.280 e. The van der Waals surface area contributed by atoms with E-state index in [4.69, 9.17) is 5.73 Å². The number of carbonyl (C=O) groups is 1. The maximum absolute atomic E-state index is 13.2. The molecule has 0 saturated heterocycles. The molecule has 0 aliphatic rings. The molecule has 76 valence electrons. The van der Waals surface area contributed by atoms with Crippen LogP contribution < -0.4 is 5.73 Å². The summed E-state index contributed by atoms with van der Waals surface area (Å²) in [4.78, 5) is 13.9. The number of aromatic nitrogens is 1. The quantitative estimate of drug-likeness (QED) is 0.794. The van der Waals surface area contributed by atoms with E-state index in [9.17, 15) is 18.0 Å². The average Bonchev–Trinajstić information content (AvgIpc) is 2.08. The molecule has 0 saturated carbocycles. The molecule has 0 aliphatic carbocycles. The van der Waals surface area contributed by atoms with Gasteiger partial charge in [-0.05, 0) is 6.92 Å². The zero-order valence-electron chi connectivity index (χ0n) is 7.22. The van der Waals surface area contributed by atoms with E-state index in [-0.39, 0.29) is 5.56 Å². The minimum Gasteiger partial charge on any atom is -0.365 e. The largest absolute Gasteiger partial charge is 0.365 e. The highest BCUT2D eigenvalue weighted by Crippen LogP contribution is 2.23. The maximum atomic E-state index is 13.2. The molecular weight excluding hydrogens is 197 g/mol. The van der Waals surface area contributed by atoms with Crippen molar-refractivity contribution in [1.29, 1.82) is 0 Å². The Morgan fingerprint density at radius 1 is 1.57 bits per heavy atom. The molecule has 0 radical (unpaired) electrons. The van der Waals surface area contributed by atoms with E-state index in [0.29, 0.717) is 6.20 Å². The number of hydrogen-bond donors (Lipinski definition) is 1. The van der Waals surface area contributed by atoms with Crippen LogP contribution in [0.15, 0.2) is 6.20 Å². The van der Waals surface area contributed by atoms with Crippen molar-refractivity contribution in [1.82, 2.24) is 4.98 Å². The third kappa shape index (κ3) is 1.68. The van der Waals surface area contributed by atoms with Crippen LogP contribution in [0.3, 0.4) is 0 Å². The summed E-state index contributed by atoms with van der Waals surface area (Å²) in [6, 6.07) is 0. The van der Waals surface area contributed by atoms with Crippen molar-refractivity contribution in [3.8, 4) is 0 Å². The van der Waals surface area contributed by atoms with Crippen molar-refractivity contribution in [3.05, 3.63) is 28.8 Å². The number of halogens is 3. The van der Waals surface area contributed by atoms with E-state index < -0.39 is 29.4 Å². The molecule has 0 bridgehead atoms. The minimum atomic E-state index is -2.87. The molecule has 1 heterocycles. The SMILES string of the molecule is Cc1c(C(F)F)ncc(C(N)=O)c1F. The second-order valence-electron chi connectivity index (χ2n) is 2.66. The molecule has 3 nitrogen and oxygen atoms in total. The van der Waals surface area contributed by atoms with E-state index in [2.05, 4.69) is 4.98 Å². The summed E-state index contributed by atoms with van der Waals surface area (Å²) in [5, 5.41) is 0. The van der Waals surface area contributed by atoms with Gasteiger partial charge in [-0.15, -0.1) is 0 Å². The van der Waals surface area contributed by atoms with Crippen molar-refractivity contribution in [2.24, 2.45) is 5.73 Å².